The van der Waals surface area contributed by atoms with Crippen molar-refractivity contribution in [3.05, 3.63) is 54.2 Å². The number of hydrogen-bond donors (Lipinski definition) is 2. The number of ether oxygens (including phenoxy) is 1. The molecule has 1 saturated heterocycles. The maximum Gasteiger partial charge on any atom is 0.191 e. The van der Waals surface area contributed by atoms with Crippen LogP contribution in [0.4, 0.5) is 5.82 Å². The van der Waals surface area contributed by atoms with E-state index in [9.17, 15) is 0 Å². The Morgan fingerprint density at radius 2 is 1.93 bits per heavy atom. The van der Waals surface area contributed by atoms with E-state index in [1.807, 2.05) is 43.5 Å². The fourth-order valence-corrected chi connectivity index (χ4v) is 3.40. The van der Waals surface area contributed by atoms with Gasteiger partial charge in [0.25, 0.3) is 0 Å². The largest absolute Gasteiger partial charge is 0.489 e. The third kappa shape index (κ3) is 7.66. The Balaban J connectivity index is 0.00000320. The molecular formula is C23H34IN5O. The van der Waals surface area contributed by atoms with Crippen molar-refractivity contribution in [2.75, 3.05) is 31.1 Å². The molecule has 0 spiro atoms. The van der Waals surface area contributed by atoms with Gasteiger partial charge in [0.05, 0.1) is 6.54 Å². The van der Waals surface area contributed by atoms with Gasteiger partial charge in [-0.05, 0) is 57.4 Å². The van der Waals surface area contributed by atoms with E-state index >= 15 is 0 Å². The fraction of sp³-hybridized carbons (Fsp3) is 0.478. The lowest BCUT2D eigenvalue weighted by Gasteiger charge is -2.34. The summed E-state index contributed by atoms with van der Waals surface area (Å²) < 4.78 is 5.93. The highest BCUT2D eigenvalue weighted by molar-refractivity contribution is 14.0. The Labute approximate surface area is 197 Å². The van der Waals surface area contributed by atoms with Crippen molar-refractivity contribution in [3.8, 4) is 5.75 Å². The topological polar surface area (TPSA) is 61.8 Å². The van der Waals surface area contributed by atoms with Crippen molar-refractivity contribution < 1.29 is 4.74 Å². The normalized spacial score (nSPS) is 15.8. The number of rotatable bonds is 7. The van der Waals surface area contributed by atoms with Crippen LogP contribution in [-0.2, 0) is 0 Å². The van der Waals surface area contributed by atoms with Gasteiger partial charge in [0.2, 0.25) is 0 Å². The molecule has 1 unspecified atom stereocenters. The third-order valence-corrected chi connectivity index (χ3v) is 4.99. The molecule has 0 amide bonds. The monoisotopic (exact) mass is 523 g/mol. The highest BCUT2D eigenvalue weighted by Crippen LogP contribution is 2.18. The van der Waals surface area contributed by atoms with Gasteiger partial charge in [-0.1, -0.05) is 24.3 Å². The van der Waals surface area contributed by atoms with Crippen LogP contribution in [0.5, 0.6) is 5.75 Å². The highest BCUT2D eigenvalue weighted by Gasteiger charge is 2.21. The minimum atomic E-state index is 0. The molecule has 1 aliphatic rings. The van der Waals surface area contributed by atoms with E-state index in [1.54, 1.807) is 0 Å². The molecule has 3 rings (SSSR count). The zero-order valence-electron chi connectivity index (χ0n) is 18.2. The number of para-hydroxylation sites is 1. The predicted octanol–water partition coefficient (Wildman–Crippen LogP) is 4.00. The van der Waals surface area contributed by atoms with Crippen LogP contribution in [-0.4, -0.2) is 49.3 Å². The first kappa shape index (κ1) is 24.2. The fourth-order valence-electron chi connectivity index (χ4n) is 3.40. The van der Waals surface area contributed by atoms with Gasteiger partial charge in [-0.25, -0.2) is 9.98 Å². The first-order valence-corrected chi connectivity index (χ1v) is 10.6. The van der Waals surface area contributed by atoms with Crippen LogP contribution < -0.4 is 20.3 Å². The van der Waals surface area contributed by atoms with E-state index in [-0.39, 0.29) is 30.1 Å². The van der Waals surface area contributed by atoms with Crippen molar-refractivity contribution in [1.82, 2.24) is 15.6 Å². The average molecular weight is 523 g/mol. The number of anilines is 1. The summed E-state index contributed by atoms with van der Waals surface area (Å²) in [4.78, 5) is 11.6. The summed E-state index contributed by atoms with van der Waals surface area (Å²) in [6.45, 7) is 9.66. The van der Waals surface area contributed by atoms with Crippen molar-refractivity contribution in [2.45, 2.75) is 45.8 Å². The van der Waals surface area contributed by atoms with Crippen LogP contribution in [0.15, 0.2) is 53.7 Å². The maximum atomic E-state index is 5.93. The molecule has 2 aromatic rings. The molecule has 1 aromatic carbocycles. The molecular weight excluding hydrogens is 489 g/mol. The predicted molar refractivity (Wildman–Crippen MR) is 135 cm³/mol. The standard InChI is InChI=1S/C23H33N5O.HI/c1-4-24-23(26-17-19(3)29-21-8-6-5-7-9-21)27-20-12-14-28(15-13-20)22-11-10-18(2)16-25-22;/h5-11,16,19-20H,4,12-15,17H2,1-3H3,(H2,24,26,27);1H. The summed E-state index contributed by atoms with van der Waals surface area (Å²) in [7, 11) is 0. The molecule has 1 atom stereocenters. The molecule has 1 aliphatic heterocycles. The smallest absolute Gasteiger partial charge is 0.191 e. The number of pyridine rings is 1. The molecule has 1 aromatic heterocycles. The van der Waals surface area contributed by atoms with Crippen molar-refractivity contribution in [2.24, 2.45) is 4.99 Å². The molecule has 0 saturated carbocycles. The zero-order chi connectivity index (χ0) is 20.5. The van der Waals surface area contributed by atoms with Crippen LogP contribution in [0.3, 0.4) is 0 Å². The lowest BCUT2D eigenvalue weighted by atomic mass is 10.1. The second-order valence-electron chi connectivity index (χ2n) is 7.56. The summed E-state index contributed by atoms with van der Waals surface area (Å²) in [6, 6.07) is 14.6. The molecule has 30 heavy (non-hydrogen) atoms. The van der Waals surface area contributed by atoms with Crippen molar-refractivity contribution >= 4 is 35.8 Å². The van der Waals surface area contributed by atoms with Crippen molar-refractivity contribution in [1.29, 1.82) is 0 Å². The van der Waals surface area contributed by atoms with E-state index < -0.39 is 0 Å². The van der Waals surface area contributed by atoms with Gasteiger partial charge in [0.15, 0.2) is 5.96 Å². The van der Waals surface area contributed by atoms with Gasteiger partial charge in [-0.15, -0.1) is 24.0 Å². The first-order chi connectivity index (χ1) is 14.1. The molecule has 164 valence electrons. The average Bonchev–Trinajstić information content (AvgIpc) is 2.74. The molecule has 2 N–H and O–H groups in total. The van der Waals surface area contributed by atoms with Crippen LogP contribution in [0.1, 0.15) is 32.3 Å². The van der Waals surface area contributed by atoms with Gasteiger partial charge >= 0.3 is 0 Å². The summed E-state index contributed by atoms with van der Waals surface area (Å²) >= 11 is 0. The SMILES string of the molecule is CCNC(=NCC(C)Oc1ccccc1)NC1CCN(c2ccc(C)cn2)CC1.I. The molecule has 2 heterocycles. The van der Waals surface area contributed by atoms with E-state index in [0.717, 1.165) is 50.0 Å². The first-order valence-electron chi connectivity index (χ1n) is 10.6. The van der Waals surface area contributed by atoms with E-state index in [0.29, 0.717) is 12.6 Å². The molecule has 0 radical (unpaired) electrons. The second-order valence-corrected chi connectivity index (χ2v) is 7.56. The molecule has 6 nitrogen and oxygen atoms in total. The highest BCUT2D eigenvalue weighted by atomic mass is 127. The molecule has 0 aliphatic carbocycles. The number of aliphatic imine (C=N–C) groups is 1. The van der Waals surface area contributed by atoms with Crippen molar-refractivity contribution in [3.63, 3.8) is 0 Å². The van der Waals surface area contributed by atoms with Gasteiger partial charge < -0.3 is 20.3 Å². The number of hydrogen-bond acceptors (Lipinski definition) is 4. The zero-order valence-corrected chi connectivity index (χ0v) is 20.5. The number of guanidine groups is 1. The van der Waals surface area contributed by atoms with Crippen LogP contribution in [0.2, 0.25) is 0 Å². The molecule has 7 heteroatoms. The quantitative estimate of drug-likeness (QED) is 0.327. The maximum absolute atomic E-state index is 5.93. The van der Waals surface area contributed by atoms with Crippen LogP contribution in [0, 0.1) is 6.92 Å². The van der Waals surface area contributed by atoms with Gasteiger partial charge in [0, 0.05) is 31.9 Å². The Bertz CT molecular complexity index is 761. The number of aryl methyl sites for hydroxylation is 1. The molecule has 1 fully saturated rings. The van der Waals surface area contributed by atoms with Gasteiger partial charge in [-0.3, -0.25) is 0 Å². The minimum Gasteiger partial charge on any atom is -0.489 e. The van der Waals surface area contributed by atoms with Crippen LogP contribution >= 0.6 is 24.0 Å². The number of nitrogens with one attached hydrogen (secondary N) is 2. The summed E-state index contributed by atoms with van der Waals surface area (Å²) in [6.07, 6.45) is 4.09. The van der Waals surface area contributed by atoms with E-state index in [4.69, 9.17) is 9.73 Å². The second kappa shape index (κ2) is 12.6. The number of aromatic nitrogens is 1. The Kier molecular flexibility index (Phi) is 10.2. The summed E-state index contributed by atoms with van der Waals surface area (Å²) in [5.41, 5.74) is 1.20. The Morgan fingerprint density at radius 3 is 2.57 bits per heavy atom. The number of nitrogens with zero attached hydrogens (tertiary/aromatic N) is 3. The Hall–Kier alpha value is -2.03. The number of benzene rings is 1. The van der Waals surface area contributed by atoms with E-state index in [1.165, 1.54) is 5.56 Å². The molecule has 0 bridgehead atoms. The lowest BCUT2D eigenvalue weighted by Crippen LogP contribution is -2.49. The summed E-state index contributed by atoms with van der Waals surface area (Å²) in [5, 5.41) is 6.95. The Morgan fingerprint density at radius 1 is 1.20 bits per heavy atom. The van der Waals surface area contributed by atoms with Crippen LogP contribution in [0.25, 0.3) is 0 Å². The summed E-state index contributed by atoms with van der Waals surface area (Å²) in [5.74, 6) is 2.81. The minimum absolute atomic E-state index is 0. The number of halogens is 1. The van der Waals surface area contributed by atoms with E-state index in [2.05, 4.69) is 46.5 Å². The van der Waals surface area contributed by atoms with Gasteiger partial charge in [-0.2, -0.15) is 0 Å². The number of piperidine rings is 1. The third-order valence-electron chi connectivity index (χ3n) is 4.99. The van der Waals surface area contributed by atoms with Gasteiger partial charge in [0.1, 0.15) is 17.7 Å². The lowest BCUT2D eigenvalue weighted by molar-refractivity contribution is 0.230.